The fraction of sp³-hybridized carbons (Fsp3) is 0.312. The summed E-state index contributed by atoms with van der Waals surface area (Å²) in [5.74, 6) is -0.188. The van der Waals surface area contributed by atoms with Gasteiger partial charge in [-0.1, -0.05) is 24.6 Å². The molecule has 7 heteroatoms. The first kappa shape index (κ1) is 17.0. The minimum absolute atomic E-state index is 0.00825. The van der Waals surface area contributed by atoms with E-state index < -0.39 is 5.97 Å². The van der Waals surface area contributed by atoms with Crippen LogP contribution in [-0.2, 0) is 18.4 Å². The summed E-state index contributed by atoms with van der Waals surface area (Å²) in [7, 11) is 1.73. The number of imidazole rings is 1. The molecule has 0 unspecified atom stereocenters. The maximum absolute atomic E-state index is 12.1. The molecule has 1 N–H and O–H groups in total. The molecule has 0 bridgehead atoms. The second-order valence-corrected chi connectivity index (χ2v) is 5.36. The fourth-order valence-corrected chi connectivity index (χ4v) is 2.05. The summed E-state index contributed by atoms with van der Waals surface area (Å²) < 4.78 is 6.84. The van der Waals surface area contributed by atoms with Gasteiger partial charge in [-0.2, -0.15) is 0 Å². The van der Waals surface area contributed by atoms with Crippen molar-refractivity contribution in [1.29, 1.82) is 0 Å². The van der Waals surface area contributed by atoms with Crippen molar-refractivity contribution in [3.63, 3.8) is 0 Å². The number of benzene rings is 1. The Bertz CT molecular complexity index is 712. The Morgan fingerprint density at radius 3 is 2.74 bits per heavy atom. The first-order valence-corrected chi connectivity index (χ1v) is 7.62. The van der Waals surface area contributed by atoms with Gasteiger partial charge in [-0.25, -0.2) is 9.78 Å². The molecule has 122 valence electrons. The molecule has 0 atom stereocenters. The maximum atomic E-state index is 12.1. The summed E-state index contributed by atoms with van der Waals surface area (Å²) in [5, 5.41) is 3.23. The van der Waals surface area contributed by atoms with Gasteiger partial charge in [0.05, 0.1) is 11.8 Å². The quantitative estimate of drug-likeness (QED) is 0.823. The van der Waals surface area contributed by atoms with Gasteiger partial charge in [0.15, 0.2) is 0 Å². The number of nitrogens with one attached hydrogen (secondary N) is 1. The smallest absolute Gasteiger partial charge is 0.338 e. The van der Waals surface area contributed by atoms with Crippen LogP contribution >= 0.6 is 11.6 Å². The number of carbonyl (C=O) groups excluding carboxylic acids is 2. The van der Waals surface area contributed by atoms with E-state index in [0.29, 0.717) is 28.6 Å². The van der Waals surface area contributed by atoms with Crippen LogP contribution in [0, 0.1) is 0 Å². The molecule has 0 fully saturated rings. The topological polar surface area (TPSA) is 73.2 Å². The summed E-state index contributed by atoms with van der Waals surface area (Å²) in [5.41, 5.74) is 0.738. The fourth-order valence-electron chi connectivity index (χ4n) is 1.90. The normalized spacial score (nSPS) is 10.4. The zero-order valence-corrected chi connectivity index (χ0v) is 13.8. The molecule has 0 saturated carbocycles. The molecule has 2 aromatic rings. The molecule has 1 heterocycles. The molecular weight excluding hydrogens is 318 g/mol. The van der Waals surface area contributed by atoms with Crippen molar-refractivity contribution in [1.82, 2.24) is 14.9 Å². The predicted molar refractivity (Wildman–Crippen MR) is 86.4 cm³/mol. The Labute approximate surface area is 139 Å². The highest BCUT2D eigenvalue weighted by Gasteiger charge is 2.13. The number of carbonyl (C=O) groups is 2. The van der Waals surface area contributed by atoms with Crippen molar-refractivity contribution in [3.8, 4) is 0 Å². The number of nitrogens with zero attached hydrogens (tertiary/aromatic N) is 2. The molecule has 1 aromatic carbocycles. The van der Waals surface area contributed by atoms with Crippen LogP contribution in [0.2, 0.25) is 5.15 Å². The van der Waals surface area contributed by atoms with E-state index in [-0.39, 0.29) is 12.5 Å². The van der Waals surface area contributed by atoms with Crippen LogP contribution in [0.25, 0.3) is 0 Å². The standard InChI is InChI=1S/C16H18ClN3O3/c1-3-7-18-15(21)11-5-4-6-12(8-11)16(22)23-10-14-19-9-13(17)20(14)2/h4-6,8-9H,3,7,10H2,1-2H3,(H,18,21). The first-order valence-electron chi connectivity index (χ1n) is 7.24. The highest BCUT2D eigenvalue weighted by Crippen LogP contribution is 2.12. The first-order chi connectivity index (χ1) is 11.0. The summed E-state index contributed by atoms with van der Waals surface area (Å²) in [6.45, 7) is 2.57. The lowest BCUT2D eigenvalue weighted by Gasteiger charge is -2.07. The molecular formula is C16H18ClN3O3. The van der Waals surface area contributed by atoms with Crippen LogP contribution in [0.1, 0.15) is 39.9 Å². The largest absolute Gasteiger partial charge is 0.454 e. The van der Waals surface area contributed by atoms with E-state index in [2.05, 4.69) is 10.3 Å². The van der Waals surface area contributed by atoms with Gasteiger partial charge in [0.1, 0.15) is 17.6 Å². The third-order valence-electron chi connectivity index (χ3n) is 3.26. The minimum Gasteiger partial charge on any atom is -0.454 e. The second-order valence-electron chi connectivity index (χ2n) is 4.97. The molecule has 0 aliphatic rings. The zero-order chi connectivity index (χ0) is 16.8. The summed E-state index contributed by atoms with van der Waals surface area (Å²) in [4.78, 5) is 28.1. The minimum atomic E-state index is -0.519. The lowest BCUT2D eigenvalue weighted by Crippen LogP contribution is -2.24. The number of aromatic nitrogens is 2. The molecule has 1 amide bonds. The van der Waals surface area contributed by atoms with E-state index in [1.807, 2.05) is 6.92 Å². The van der Waals surface area contributed by atoms with Crippen molar-refractivity contribution in [2.75, 3.05) is 6.54 Å². The second kappa shape index (κ2) is 7.78. The van der Waals surface area contributed by atoms with E-state index in [1.54, 1.807) is 29.8 Å². The van der Waals surface area contributed by atoms with Gasteiger partial charge in [-0.15, -0.1) is 0 Å². The molecule has 2 rings (SSSR count). The van der Waals surface area contributed by atoms with Crippen molar-refractivity contribution in [3.05, 3.63) is 52.6 Å². The number of rotatable bonds is 6. The average Bonchev–Trinajstić information content (AvgIpc) is 2.89. The molecule has 0 saturated heterocycles. The Balaban J connectivity index is 2.02. The Hall–Kier alpha value is -2.34. The van der Waals surface area contributed by atoms with Gasteiger partial charge in [0.2, 0.25) is 0 Å². The third kappa shape index (κ3) is 4.32. The number of ether oxygens (including phenoxy) is 1. The van der Waals surface area contributed by atoms with E-state index >= 15 is 0 Å². The summed E-state index contributed by atoms with van der Waals surface area (Å²) in [6.07, 6.45) is 2.34. The van der Waals surface area contributed by atoms with Crippen LogP contribution in [-0.4, -0.2) is 28.0 Å². The van der Waals surface area contributed by atoms with E-state index in [1.165, 1.54) is 12.3 Å². The van der Waals surface area contributed by atoms with Gasteiger partial charge in [0, 0.05) is 19.2 Å². The Kier molecular flexibility index (Phi) is 5.76. The van der Waals surface area contributed by atoms with Crippen molar-refractivity contribution in [2.45, 2.75) is 20.0 Å². The lowest BCUT2D eigenvalue weighted by atomic mass is 10.1. The van der Waals surface area contributed by atoms with Crippen LogP contribution in [0.3, 0.4) is 0 Å². The molecule has 0 radical (unpaired) electrons. The third-order valence-corrected chi connectivity index (χ3v) is 3.61. The highest BCUT2D eigenvalue weighted by atomic mass is 35.5. The van der Waals surface area contributed by atoms with Crippen LogP contribution < -0.4 is 5.32 Å². The molecule has 1 aromatic heterocycles. The van der Waals surface area contributed by atoms with Gasteiger partial charge in [-0.05, 0) is 24.6 Å². The average molecular weight is 336 g/mol. The molecule has 23 heavy (non-hydrogen) atoms. The van der Waals surface area contributed by atoms with Crippen LogP contribution in [0.4, 0.5) is 0 Å². The number of amides is 1. The van der Waals surface area contributed by atoms with Gasteiger partial charge >= 0.3 is 5.97 Å². The molecule has 0 aliphatic heterocycles. The number of hydrogen-bond acceptors (Lipinski definition) is 4. The van der Waals surface area contributed by atoms with Crippen molar-refractivity contribution in [2.24, 2.45) is 7.05 Å². The van der Waals surface area contributed by atoms with Crippen molar-refractivity contribution < 1.29 is 14.3 Å². The number of hydrogen-bond donors (Lipinski definition) is 1. The highest BCUT2D eigenvalue weighted by molar-refractivity contribution is 6.29. The molecule has 0 aliphatic carbocycles. The van der Waals surface area contributed by atoms with Crippen LogP contribution in [0.5, 0.6) is 0 Å². The van der Waals surface area contributed by atoms with E-state index in [4.69, 9.17) is 16.3 Å². The van der Waals surface area contributed by atoms with E-state index in [9.17, 15) is 9.59 Å². The number of esters is 1. The molecule has 6 nitrogen and oxygen atoms in total. The monoisotopic (exact) mass is 335 g/mol. The Morgan fingerprint density at radius 2 is 2.09 bits per heavy atom. The van der Waals surface area contributed by atoms with Crippen LogP contribution in [0.15, 0.2) is 30.5 Å². The maximum Gasteiger partial charge on any atom is 0.338 e. The Morgan fingerprint density at radius 1 is 1.35 bits per heavy atom. The van der Waals surface area contributed by atoms with Gasteiger partial charge < -0.3 is 14.6 Å². The van der Waals surface area contributed by atoms with Gasteiger partial charge in [0.25, 0.3) is 5.91 Å². The van der Waals surface area contributed by atoms with Crippen molar-refractivity contribution >= 4 is 23.5 Å². The summed E-state index contributed by atoms with van der Waals surface area (Å²) in [6, 6.07) is 6.42. The predicted octanol–water partition coefficient (Wildman–Crippen LogP) is 2.57. The van der Waals surface area contributed by atoms with E-state index in [0.717, 1.165) is 6.42 Å². The number of halogens is 1. The lowest BCUT2D eigenvalue weighted by molar-refractivity contribution is 0.0459. The summed E-state index contributed by atoms with van der Waals surface area (Å²) >= 11 is 5.87. The molecule has 0 spiro atoms. The SMILES string of the molecule is CCCNC(=O)c1cccc(C(=O)OCc2ncc(Cl)n2C)c1. The van der Waals surface area contributed by atoms with Gasteiger partial charge in [-0.3, -0.25) is 4.79 Å². The zero-order valence-electron chi connectivity index (χ0n) is 13.0.